The zero-order valence-corrected chi connectivity index (χ0v) is 17.2. The molecular weight excluding hydrogens is 374 g/mol. The quantitative estimate of drug-likeness (QED) is 0.314. The lowest BCUT2D eigenvalue weighted by Crippen LogP contribution is -1.97. The van der Waals surface area contributed by atoms with E-state index in [1.54, 1.807) is 0 Å². The van der Waals surface area contributed by atoms with Gasteiger partial charge in [-0.3, -0.25) is 0 Å². The number of benzene rings is 5. The van der Waals surface area contributed by atoms with Crippen LogP contribution in [0.25, 0.3) is 33.4 Å². The topological polar surface area (TPSA) is 12.0 Å². The average molecular weight is 398 g/mol. The van der Waals surface area contributed by atoms with Crippen molar-refractivity contribution in [2.24, 2.45) is 0 Å². The molecule has 5 rings (SSSR count). The fourth-order valence-corrected chi connectivity index (χ4v) is 4.04. The molecule has 0 spiro atoms. The minimum absolute atomic E-state index is 1.09. The van der Waals surface area contributed by atoms with E-state index >= 15 is 0 Å². The van der Waals surface area contributed by atoms with Gasteiger partial charge in [-0.1, -0.05) is 121 Å². The van der Waals surface area contributed by atoms with Crippen LogP contribution in [0, 0.1) is 0 Å². The molecule has 0 aromatic heterocycles. The number of hydrogen-bond donors (Lipinski definition) is 1. The van der Waals surface area contributed by atoms with Crippen LogP contribution in [0.2, 0.25) is 0 Å². The van der Waals surface area contributed by atoms with Gasteiger partial charge >= 0.3 is 0 Å². The summed E-state index contributed by atoms with van der Waals surface area (Å²) in [5.74, 6) is 0. The van der Waals surface area contributed by atoms with E-state index in [4.69, 9.17) is 0 Å². The molecule has 0 bridgehead atoms. The Balaban J connectivity index is 1.67. The van der Waals surface area contributed by atoms with Gasteiger partial charge in [-0.25, -0.2) is 0 Å². The van der Waals surface area contributed by atoms with Crippen LogP contribution in [0.1, 0.15) is 0 Å². The van der Waals surface area contributed by atoms with E-state index in [0.29, 0.717) is 0 Å². The van der Waals surface area contributed by atoms with Gasteiger partial charge in [0.2, 0.25) is 0 Å². The van der Waals surface area contributed by atoms with Crippen molar-refractivity contribution in [3.05, 3.63) is 133 Å². The first-order valence-electron chi connectivity index (χ1n) is 10.6. The highest BCUT2D eigenvalue weighted by molar-refractivity contribution is 5.94. The summed E-state index contributed by atoms with van der Waals surface area (Å²) in [6.45, 7) is 0. The summed E-state index contributed by atoms with van der Waals surface area (Å²) in [5.41, 5.74) is 9.40. The van der Waals surface area contributed by atoms with Gasteiger partial charge < -0.3 is 5.32 Å². The highest BCUT2D eigenvalue weighted by Crippen LogP contribution is 2.40. The van der Waals surface area contributed by atoms with Gasteiger partial charge in [0.25, 0.3) is 0 Å². The average Bonchev–Trinajstić information content (AvgIpc) is 2.86. The van der Waals surface area contributed by atoms with Gasteiger partial charge in [0.15, 0.2) is 0 Å². The Morgan fingerprint density at radius 3 is 1.42 bits per heavy atom. The summed E-state index contributed by atoms with van der Waals surface area (Å²) in [6.07, 6.45) is 0. The Labute approximate surface area is 183 Å². The summed E-state index contributed by atoms with van der Waals surface area (Å²) >= 11 is 0. The molecule has 148 valence electrons. The van der Waals surface area contributed by atoms with Gasteiger partial charge in [0.1, 0.15) is 0 Å². The Kier molecular flexibility index (Phi) is 5.32. The normalized spacial score (nSPS) is 10.6. The van der Waals surface area contributed by atoms with E-state index in [2.05, 4.69) is 139 Å². The maximum atomic E-state index is 3.75. The van der Waals surface area contributed by atoms with Crippen LogP contribution >= 0.6 is 0 Å². The zero-order chi connectivity index (χ0) is 20.9. The number of anilines is 2. The molecule has 0 aliphatic heterocycles. The molecule has 0 aliphatic rings. The predicted octanol–water partition coefficient (Wildman–Crippen LogP) is 8.43. The highest BCUT2D eigenvalue weighted by atomic mass is 14.9. The minimum atomic E-state index is 1.09. The maximum Gasteiger partial charge on any atom is 0.0470 e. The summed E-state index contributed by atoms with van der Waals surface area (Å²) in [7, 11) is 0. The third kappa shape index (κ3) is 3.99. The van der Waals surface area contributed by atoms with Gasteiger partial charge in [-0.2, -0.15) is 0 Å². The number of para-hydroxylation sites is 1. The van der Waals surface area contributed by atoms with Crippen molar-refractivity contribution in [2.45, 2.75) is 0 Å². The molecular formula is C30H23N. The van der Waals surface area contributed by atoms with Crippen molar-refractivity contribution < 1.29 is 0 Å². The molecule has 0 saturated heterocycles. The van der Waals surface area contributed by atoms with Crippen molar-refractivity contribution in [3.63, 3.8) is 0 Å². The van der Waals surface area contributed by atoms with Crippen LogP contribution in [-0.2, 0) is 0 Å². The first kappa shape index (κ1) is 18.9. The van der Waals surface area contributed by atoms with E-state index in [1.165, 1.54) is 33.4 Å². The van der Waals surface area contributed by atoms with Crippen LogP contribution in [0.5, 0.6) is 0 Å². The van der Waals surface area contributed by atoms with E-state index < -0.39 is 0 Å². The molecule has 5 aromatic carbocycles. The zero-order valence-electron chi connectivity index (χ0n) is 17.2. The van der Waals surface area contributed by atoms with Gasteiger partial charge in [-0.05, 0) is 34.4 Å². The van der Waals surface area contributed by atoms with Crippen molar-refractivity contribution >= 4 is 11.4 Å². The lowest BCUT2D eigenvalue weighted by Gasteiger charge is -2.19. The van der Waals surface area contributed by atoms with E-state index in [1.807, 2.05) is 0 Å². The summed E-state index contributed by atoms with van der Waals surface area (Å²) in [4.78, 5) is 0. The third-order valence-corrected chi connectivity index (χ3v) is 5.49. The second kappa shape index (κ2) is 8.73. The molecule has 1 heteroatoms. The smallest absolute Gasteiger partial charge is 0.0470 e. The third-order valence-electron chi connectivity index (χ3n) is 5.49. The van der Waals surface area contributed by atoms with Gasteiger partial charge in [-0.15, -0.1) is 0 Å². The Morgan fingerprint density at radius 2 is 0.774 bits per heavy atom. The predicted molar refractivity (Wildman–Crippen MR) is 132 cm³/mol. The maximum absolute atomic E-state index is 3.75. The molecule has 1 nitrogen and oxygen atoms in total. The molecule has 0 atom stereocenters. The van der Waals surface area contributed by atoms with Crippen LogP contribution in [-0.4, -0.2) is 0 Å². The van der Waals surface area contributed by atoms with Gasteiger partial charge in [0.05, 0.1) is 0 Å². The molecule has 0 unspecified atom stereocenters. The van der Waals surface area contributed by atoms with Crippen molar-refractivity contribution in [2.75, 3.05) is 5.32 Å². The molecule has 5 aromatic rings. The van der Waals surface area contributed by atoms with E-state index in [0.717, 1.165) is 11.4 Å². The lowest BCUT2D eigenvalue weighted by molar-refractivity contribution is 1.51. The molecule has 0 fully saturated rings. The molecule has 0 radical (unpaired) electrons. The summed E-state index contributed by atoms with van der Waals surface area (Å²) < 4.78 is 0. The fourth-order valence-electron chi connectivity index (χ4n) is 4.04. The first-order chi connectivity index (χ1) is 15.4. The van der Waals surface area contributed by atoms with Crippen molar-refractivity contribution in [1.82, 2.24) is 0 Å². The second-order valence-corrected chi connectivity index (χ2v) is 7.50. The number of rotatable bonds is 5. The molecule has 1 N–H and O–H groups in total. The van der Waals surface area contributed by atoms with Crippen LogP contribution in [0.3, 0.4) is 0 Å². The number of hydrogen-bond acceptors (Lipinski definition) is 1. The Bertz CT molecular complexity index is 1280. The summed E-state index contributed by atoms with van der Waals surface area (Å²) in [5, 5.41) is 3.75. The standard InChI is InChI=1S/C30H23N/c1-4-13-23(14-5-1)26-19-10-11-21-28(26)31-29-22-12-20-27(24-15-6-2-7-16-24)30(29)25-17-8-3-9-18-25/h1-22,31H. The van der Waals surface area contributed by atoms with Crippen molar-refractivity contribution in [1.29, 1.82) is 0 Å². The second-order valence-electron chi connectivity index (χ2n) is 7.50. The highest BCUT2D eigenvalue weighted by Gasteiger charge is 2.14. The van der Waals surface area contributed by atoms with Crippen molar-refractivity contribution in [3.8, 4) is 33.4 Å². The fraction of sp³-hybridized carbons (Fsp3) is 0. The lowest BCUT2D eigenvalue weighted by atomic mass is 9.92. The minimum Gasteiger partial charge on any atom is -0.354 e. The van der Waals surface area contributed by atoms with E-state index in [9.17, 15) is 0 Å². The molecule has 0 heterocycles. The summed E-state index contributed by atoms with van der Waals surface area (Å²) in [6, 6.07) is 46.7. The van der Waals surface area contributed by atoms with Crippen LogP contribution in [0.4, 0.5) is 11.4 Å². The molecule has 0 saturated carbocycles. The van der Waals surface area contributed by atoms with Crippen LogP contribution in [0.15, 0.2) is 133 Å². The Morgan fingerprint density at radius 1 is 0.323 bits per heavy atom. The molecule has 0 amide bonds. The van der Waals surface area contributed by atoms with Crippen LogP contribution < -0.4 is 5.32 Å². The SMILES string of the molecule is c1ccc(-c2ccccc2Nc2cccc(-c3ccccc3)c2-c2ccccc2)cc1. The van der Waals surface area contributed by atoms with E-state index in [-0.39, 0.29) is 0 Å². The number of nitrogens with one attached hydrogen (secondary N) is 1. The molecule has 0 aliphatic carbocycles. The first-order valence-corrected chi connectivity index (χ1v) is 10.6. The Hall–Kier alpha value is -4.10. The van der Waals surface area contributed by atoms with Gasteiger partial charge in [0, 0.05) is 22.5 Å². The largest absolute Gasteiger partial charge is 0.354 e. The molecule has 31 heavy (non-hydrogen) atoms. The monoisotopic (exact) mass is 397 g/mol.